The third-order valence-electron chi connectivity index (χ3n) is 5.05. The fourth-order valence-corrected chi connectivity index (χ4v) is 7.44. The number of nitrogens with zero attached hydrogens (tertiary/aromatic N) is 3. The number of thiazole rings is 1. The number of aromatic nitrogens is 1. The van der Waals surface area contributed by atoms with Gasteiger partial charge in [0.25, 0.3) is 15.9 Å². The van der Waals surface area contributed by atoms with E-state index in [2.05, 4.69) is 11.6 Å². The van der Waals surface area contributed by atoms with Gasteiger partial charge in [-0.25, -0.2) is 8.42 Å². The topological polar surface area (TPSA) is 71.7 Å². The highest BCUT2D eigenvalue weighted by atomic mass is 35.5. The summed E-state index contributed by atoms with van der Waals surface area (Å²) >= 11 is 8.72. The van der Waals surface area contributed by atoms with Gasteiger partial charge in [-0.2, -0.15) is 9.30 Å². The lowest BCUT2D eigenvalue weighted by atomic mass is 9.98. The zero-order valence-corrected chi connectivity index (χ0v) is 19.2. The summed E-state index contributed by atoms with van der Waals surface area (Å²) in [6.07, 6.45) is 2.69. The van der Waals surface area contributed by atoms with Crippen LogP contribution in [0.3, 0.4) is 0 Å². The van der Waals surface area contributed by atoms with E-state index in [1.54, 1.807) is 23.6 Å². The minimum Gasteiger partial charge on any atom is -0.313 e. The molecule has 0 saturated carbocycles. The van der Waals surface area contributed by atoms with Crippen molar-refractivity contribution in [3.05, 3.63) is 58.2 Å². The molecule has 0 spiro atoms. The van der Waals surface area contributed by atoms with Crippen LogP contribution in [0.5, 0.6) is 0 Å². The van der Waals surface area contributed by atoms with Gasteiger partial charge in [0.05, 0.1) is 10.2 Å². The minimum atomic E-state index is -3.48. The first-order chi connectivity index (χ1) is 14.4. The predicted octanol–water partition coefficient (Wildman–Crippen LogP) is 4.13. The summed E-state index contributed by atoms with van der Waals surface area (Å²) in [5.41, 5.74) is 0.952. The molecule has 0 unspecified atom stereocenters. The molecule has 1 saturated heterocycles. The number of piperidine rings is 1. The third-order valence-corrected chi connectivity index (χ3v) is 9.60. The lowest BCUT2D eigenvalue weighted by Crippen LogP contribution is -2.40. The van der Waals surface area contributed by atoms with Crippen LogP contribution in [0.2, 0.25) is 5.02 Å². The SMILES string of the molecule is C=CCn1c(=NC(=O)C2CCN(S(=O)(=O)c3cccs3)CC2)sc2cc(Cl)ccc21. The zero-order chi connectivity index (χ0) is 21.3. The van der Waals surface area contributed by atoms with Gasteiger partial charge < -0.3 is 4.57 Å². The number of rotatable bonds is 5. The fraction of sp³-hybridized carbons (Fsp3) is 0.300. The molecule has 0 N–H and O–H groups in total. The van der Waals surface area contributed by atoms with E-state index in [1.807, 2.05) is 22.8 Å². The summed E-state index contributed by atoms with van der Waals surface area (Å²) in [5.74, 6) is -0.496. The number of amides is 1. The van der Waals surface area contributed by atoms with Crippen LogP contribution in [0, 0.1) is 5.92 Å². The zero-order valence-electron chi connectivity index (χ0n) is 16.0. The molecule has 0 bridgehead atoms. The van der Waals surface area contributed by atoms with Gasteiger partial charge in [-0.05, 0) is 42.5 Å². The minimum absolute atomic E-state index is 0.210. The molecule has 6 nitrogen and oxygen atoms in total. The van der Waals surface area contributed by atoms with Gasteiger partial charge in [0.2, 0.25) is 0 Å². The van der Waals surface area contributed by atoms with Crippen LogP contribution in [0.1, 0.15) is 12.8 Å². The number of allylic oxidation sites excluding steroid dienone is 1. The molecule has 1 amide bonds. The first kappa shape index (κ1) is 21.5. The van der Waals surface area contributed by atoms with Gasteiger partial charge in [-0.1, -0.05) is 35.1 Å². The molecule has 1 fully saturated rings. The summed E-state index contributed by atoms with van der Waals surface area (Å²) in [7, 11) is -3.48. The van der Waals surface area contributed by atoms with Crippen LogP contribution in [0.25, 0.3) is 10.2 Å². The van der Waals surface area contributed by atoms with E-state index in [1.165, 1.54) is 27.0 Å². The molecule has 30 heavy (non-hydrogen) atoms. The summed E-state index contributed by atoms with van der Waals surface area (Å²) < 4.78 is 30.0. The van der Waals surface area contributed by atoms with Crippen molar-refractivity contribution in [1.82, 2.24) is 8.87 Å². The molecule has 0 radical (unpaired) electrons. The maximum absolute atomic E-state index is 12.9. The number of carbonyl (C=O) groups excluding carboxylic acids is 1. The van der Waals surface area contributed by atoms with E-state index in [-0.39, 0.29) is 11.8 Å². The number of sulfonamides is 1. The molecule has 3 aromatic rings. The van der Waals surface area contributed by atoms with E-state index >= 15 is 0 Å². The Morgan fingerprint density at radius 2 is 2.07 bits per heavy atom. The highest BCUT2D eigenvalue weighted by Crippen LogP contribution is 2.27. The van der Waals surface area contributed by atoms with Crippen molar-refractivity contribution in [2.75, 3.05) is 13.1 Å². The Bertz CT molecular complexity index is 1250. The molecule has 2 aromatic heterocycles. The number of hydrogen-bond acceptors (Lipinski definition) is 5. The summed E-state index contributed by atoms with van der Waals surface area (Å²) in [4.78, 5) is 17.9. The van der Waals surface area contributed by atoms with Crippen molar-refractivity contribution in [3.63, 3.8) is 0 Å². The standard InChI is InChI=1S/C20H20ClN3O3S3/c1-2-9-24-16-6-5-15(21)13-17(16)29-20(24)22-19(25)14-7-10-23(11-8-14)30(26,27)18-4-3-12-28-18/h2-6,12-14H,1,7-11H2. The van der Waals surface area contributed by atoms with Crippen LogP contribution in [-0.2, 0) is 21.4 Å². The number of benzene rings is 1. The van der Waals surface area contributed by atoms with Crippen LogP contribution in [0.4, 0.5) is 0 Å². The Hall–Kier alpha value is -1.78. The number of fused-ring (bicyclic) bond motifs is 1. The highest BCUT2D eigenvalue weighted by molar-refractivity contribution is 7.91. The molecule has 10 heteroatoms. The van der Waals surface area contributed by atoms with Crippen LogP contribution < -0.4 is 4.80 Å². The molecular formula is C20H20ClN3O3S3. The quantitative estimate of drug-likeness (QED) is 0.514. The summed E-state index contributed by atoms with van der Waals surface area (Å²) in [5, 5.41) is 2.38. The Kier molecular flexibility index (Phi) is 6.26. The predicted molar refractivity (Wildman–Crippen MR) is 121 cm³/mol. The third kappa shape index (κ3) is 4.17. The Morgan fingerprint density at radius 1 is 1.30 bits per heavy atom. The molecular weight excluding hydrogens is 462 g/mol. The van der Waals surface area contributed by atoms with E-state index < -0.39 is 10.0 Å². The van der Waals surface area contributed by atoms with E-state index in [0.717, 1.165) is 10.2 Å². The molecule has 0 atom stereocenters. The van der Waals surface area contributed by atoms with Crippen molar-refractivity contribution < 1.29 is 13.2 Å². The van der Waals surface area contributed by atoms with E-state index in [9.17, 15) is 13.2 Å². The smallest absolute Gasteiger partial charge is 0.252 e. The largest absolute Gasteiger partial charge is 0.313 e. The molecule has 1 aliphatic heterocycles. The van der Waals surface area contributed by atoms with Crippen molar-refractivity contribution in [2.45, 2.75) is 23.6 Å². The van der Waals surface area contributed by atoms with Crippen LogP contribution in [-0.4, -0.2) is 36.3 Å². The first-order valence-corrected chi connectivity index (χ1v) is 12.9. The van der Waals surface area contributed by atoms with Gasteiger partial charge >= 0.3 is 0 Å². The van der Waals surface area contributed by atoms with Gasteiger partial charge in [0.15, 0.2) is 4.80 Å². The highest BCUT2D eigenvalue weighted by Gasteiger charge is 2.32. The lowest BCUT2D eigenvalue weighted by Gasteiger charge is -2.29. The van der Waals surface area contributed by atoms with Gasteiger partial charge in [0.1, 0.15) is 4.21 Å². The molecule has 3 heterocycles. The van der Waals surface area contributed by atoms with Gasteiger partial charge in [0, 0.05) is 30.6 Å². The van der Waals surface area contributed by atoms with Gasteiger partial charge in [-0.15, -0.1) is 17.9 Å². The normalized spacial score (nSPS) is 16.9. The second-order valence-electron chi connectivity index (χ2n) is 6.96. The van der Waals surface area contributed by atoms with E-state index in [4.69, 9.17) is 11.6 Å². The van der Waals surface area contributed by atoms with Crippen LogP contribution in [0.15, 0.2) is 57.6 Å². The van der Waals surface area contributed by atoms with Gasteiger partial charge in [-0.3, -0.25) is 4.79 Å². The molecule has 0 aliphatic carbocycles. The number of thiophene rings is 1. The average Bonchev–Trinajstić information content (AvgIpc) is 3.38. The average molecular weight is 482 g/mol. The first-order valence-electron chi connectivity index (χ1n) is 9.42. The van der Waals surface area contributed by atoms with Crippen LogP contribution >= 0.6 is 34.3 Å². The second-order valence-corrected chi connectivity index (χ2v) is 11.5. The second kappa shape index (κ2) is 8.76. The summed E-state index contributed by atoms with van der Waals surface area (Å²) in [6.45, 7) is 4.97. The molecule has 4 rings (SSSR count). The Morgan fingerprint density at radius 3 is 2.73 bits per heavy atom. The monoisotopic (exact) mass is 481 g/mol. The molecule has 158 valence electrons. The lowest BCUT2D eigenvalue weighted by molar-refractivity contribution is -0.122. The Labute approximate surface area is 187 Å². The molecule has 1 aliphatic rings. The fourth-order valence-electron chi connectivity index (χ4n) is 3.50. The maximum Gasteiger partial charge on any atom is 0.252 e. The molecule has 1 aromatic carbocycles. The number of halogens is 1. The van der Waals surface area contributed by atoms with Crippen molar-refractivity contribution in [3.8, 4) is 0 Å². The van der Waals surface area contributed by atoms with Crippen molar-refractivity contribution in [2.24, 2.45) is 10.9 Å². The van der Waals surface area contributed by atoms with Crippen molar-refractivity contribution >= 4 is 60.4 Å². The van der Waals surface area contributed by atoms with E-state index in [0.29, 0.717) is 46.5 Å². The maximum atomic E-state index is 12.9. The Balaban J connectivity index is 1.54. The summed E-state index contributed by atoms with van der Waals surface area (Å²) in [6, 6.07) is 8.92. The number of carbonyl (C=O) groups is 1. The number of hydrogen-bond donors (Lipinski definition) is 0. The van der Waals surface area contributed by atoms with Crippen molar-refractivity contribution in [1.29, 1.82) is 0 Å².